The van der Waals surface area contributed by atoms with Crippen LogP contribution in [0.1, 0.15) is 13.3 Å². The first-order valence-electron chi connectivity index (χ1n) is 5.91. The van der Waals surface area contributed by atoms with Crippen LogP contribution in [0.25, 0.3) is 0 Å². The Hall–Kier alpha value is -0.720. The van der Waals surface area contributed by atoms with Crippen molar-refractivity contribution in [3.05, 3.63) is 0 Å². The third-order valence-electron chi connectivity index (χ3n) is 2.01. The number of carbonyl (C=O) groups is 1. The van der Waals surface area contributed by atoms with Crippen molar-refractivity contribution in [3.63, 3.8) is 0 Å². The number of likely N-dealkylation sites (N-methyl/N-ethyl adjacent to an activating group) is 1. The van der Waals surface area contributed by atoms with E-state index in [9.17, 15) is 9.18 Å². The molecule has 0 heterocycles. The van der Waals surface area contributed by atoms with Gasteiger partial charge in [0.15, 0.2) is 0 Å². The predicted molar refractivity (Wildman–Crippen MR) is 63.8 cm³/mol. The van der Waals surface area contributed by atoms with E-state index < -0.39 is 6.17 Å². The van der Waals surface area contributed by atoms with Crippen molar-refractivity contribution < 1.29 is 18.7 Å². The van der Waals surface area contributed by atoms with E-state index in [4.69, 9.17) is 9.47 Å². The van der Waals surface area contributed by atoms with Gasteiger partial charge >= 0.3 is 0 Å². The Balaban J connectivity index is 3.21. The van der Waals surface area contributed by atoms with E-state index in [1.807, 2.05) is 7.05 Å². The summed E-state index contributed by atoms with van der Waals surface area (Å²) >= 11 is 0. The molecule has 0 saturated carbocycles. The van der Waals surface area contributed by atoms with Crippen LogP contribution in [0.3, 0.4) is 0 Å². The van der Waals surface area contributed by atoms with Crippen LogP contribution in [-0.2, 0) is 14.3 Å². The molecule has 17 heavy (non-hydrogen) atoms. The zero-order valence-electron chi connectivity index (χ0n) is 10.6. The summed E-state index contributed by atoms with van der Waals surface area (Å²) in [4.78, 5) is 10.8. The number of amides is 1. The highest BCUT2D eigenvalue weighted by molar-refractivity contribution is 5.75. The molecule has 0 saturated heterocycles. The first kappa shape index (κ1) is 16.3. The SMILES string of the molecule is CCC(=O)NCC(F)COCCOCCNC. The molecule has 6 heteroatoms. The summed E-state index contributed by atoms with van der Waals surface area (Å²) in [6, 6.07) is 0. The molecule has 1 unspecified atom stereocenters. The molecule has 0 aliphatic carbocycles. The number of ether oxygens (including phenoxy) is 2. The second-order valence-corrected chi connectivity index (χ2v) is 3.55. The van der Waals surface area contributed by atoms with E-state index in [0.29, 0.717) is 26.2 Å². The van der Waals surface area contributed by atoms with Crippen LogP contribution < -0.4 is 10.6 Å². The van der Waals surface area contributed by atoms with Crippen LogP contribution >= 0.6 is 0 Å². The van der Waals surface area contributed by atoms with Gasteiger partial charge in [-0.1, -0.05) is 6.92 Å². The predicted octanol–water partition coefficient (Wildman–Crippen LogP) is 0.103. The van der Waals surface area contributed by atoms with Gasteiger partial charge in [-0.3, -0.25) is 4.79 Å². The molecular formula is C11H23FN2O3. The van der Waals surface area contributed by atoms with Gasteiger partial charge in [0.2, 0.25) is 5.91 Å². The molecule has 1 amide bonds. The van der Waals surface area contributed by atoms with Gasteiger partial charge < -0.3 is 20.1 Å². The molecule has 0 fully saturated rings. The normalized spacial score (nSPS) is 12.4. The van der Waals surface area contributed by atoms with Gasteiger partial charge in [-0.15, -0.1) is 0 Å². The summed E-state index contributed by atoms with van der Waals surface area (Å²) in [7, 11) is 1.85. The molecule has 0 aliphatic rings. The fourth-order valence-corrected chi connectivity index (χ4v) is 1.01. The summed E-state index contributed by atoms with van der Waals surface area (Å²) in [5.41, 5.74) is 0. The summed E-state index contributed by atoms with van der Waals surface area (Å²) in [6.07, 6.45) is -0.796. The lowest BCUT2D eigenvalue weighted by atomic mass is 10.4. The monoisotopic (exact) mass is 250 g/mol. The number of nitrogens with one attached hydrogen (secondary N) is 2. The zero-order chi connectivity index (χ0) is 12.9. The van der Waals surface area contributed by atoms with E-state index in [0.717, 1.165) is 6.54 Å². The average molecular weight is 250 g/mol. The largest absolute Gasteiger partial charge is 0.378 e. The molecule has 0 rings (SSSR count). The summed E-state index contributed by atoms with van der Waals surface area (Å²) in [5, 5.41) is 5.41. The van der Waals surface area contributed by atoms with Crippen molar-refractivity contribution in [2.24, 2.45) is 0 Å². The Morgan fingerprint density at radius 2 is 2.00 bits per heavy atom. The number of carbonyl (C=O) groups excluding carboxylic acids is 1. The van der Waals surface area contributed by atoms with Gasteiger partial charge in [-0.2, -0.15) is 0 Å². The van der Waals surface area contributed by atoms with Gasteiger partial charge in [0.1, 0.15) is 6.17 Å². The summed E-state index contributed by atoms with van der Waals surface area (Å²) < 4.78 is 23.4. The maximum absolute atomic E-state index is 13.1. The molecule has 102 valence electrons. The topological polar surface area (TPSA) is 59.6 Å². The molecule has 1 atom stereocenters. The molecule has 0 aromatic heterocycles. The lowest BCUT2D eigenvalue weighted by Gasteiger charge is -2.10. The number of hydrogen-bond donors (Lipinski definition) is 2. The maximum atomic E-state index is 13.1. The highest BCUT2D eigenvalue weighted by Crippen LogP contribution is 1.91. The Bertz CT molecular complexity index is 194. The standard InChI is InChI=1S/C11H23FN2O3/c1-3-11(15)14-8-10(12)9-17-7-6-16-5-4-13-2/h10,13H,3-9H2,1-2H3,(H,14,15). The fraction of sp³-hybridized carbons (Fsp3) is 0.909. The van der Waals surface area contributed by atoms with E-state index in [1.54, 1.807) is 6.92 Å². The molecular weight excluding hydrogens is 227 g/mol. The number of halogens is 1. The van der Waals surface area contributed by atoms with Gasteiger partial charge in [0.25, 0.3) is 0 Å². The maximum Gasteiger partial charge on any atom is 0.219 e. The van der Waals surface area contributed by atoms with Gasteiger partial charge in [0.05, 0.1) is 33.0 Å². The number of rotatable bonds is 11. The summed E-state index contributed by atoms with van der Waals surface area (Å²) in [6.45, 7) is 3.94. The van der Waals surface area contributed by atoms with E-state index in [1.165, 1.54) is 0 Å². The van der Waals surface area contributed by atoms with Crippen molar-refractivity contribution in [2.75, 3.05) is 46.6 Å². The summed E-state index contributed by atoms with van der Waals surface area (Å²) in [5.74, 6) is -0.150. The van der Waals surface area contributed by atoms with Crippen LogP contribution in [0.15, 0.2) is 0 Å². The van der Waals surface area contributed by atoms with Crippen LogP contribution in [0, 0.1) is 0 Å². The zero-order valence-corrected chi connectivity index (χ0v) is 10.6. The molecule has 0 radical (unpaired) electrons. The van der Waals surface area contributed by atoms with Crippen LogP contribution in [0.4, 0.5) is 4.39 Å². The van der Waals surface area contributed by atoms with E-state index in [-0.39, 0.29) is 19.1 Å². The van der Waals surface area contributed by atoms with E-state index in [2.05, 4.69) is 10.6 Å². The van der Waals surface area contributed by atoms with Crippen molar-refractivity contribution in [2.45, 2.75) is 19.5 Å². The lowest BCUT2D eigenvalue weighted by Crippen LogP contribution is -2.32. The Kier molecular flexibility index (Phi) is 11.3. The van der Waals surface area contributed by atoms with Crippen molar-refractivity contribution in [1.82, 2.24) is 10.6 Å². The Labute approximate surface area is 102 Å². The minimum Gasteiger partial charge on any atom is -0.378 e. The quantitative estimate of drug-likeness (QED) is 0.511. The second kappa shape index (κ2) is 11.8. The van der Waals surface area contributed by atoms with Crippen molar-refractivity contribution >= 4 is 5.91 Å². The van der Waals surface area contributed by atoms with Crippen molar-refractivity contribution in [1.29, 1.82) is 0 Å². The van der Waals surface area contributed by atoms with E-state index >= 15 is 0 Å². The third kappa shape index (κ3) is 11.5. The highest BCUT2D eigenvalue weighted by Gasteiger charge is 2.07. The van der Waals surface area contributed by atoms with Crippen LogP contribution in [0.5, 0.6) is 0 Å². The first-order valence-corrected chi connectivity index (χ1v) is 5.91. The molecule has 0 aromatic rings. The molecule has 5 nitrogen and oxygen atoms in total. The molecule has 0 bridgehead atoms. The Morgan fingerprint density at radius 1 is 1.29 bits per heavy atom. The molecule has 2 N–H and O–H groups in total. The minimum absolute atomic E-state index is 0.00723. The highest BCUT2D eigenvalue weighted by atomic mass is 19.1. The smallest absolute Gasteiger partial charge is 0.219 e. The lowest BCUT2D eigenvalue weighted by molar-refractivity contribution is -0.121. The first-order chi connectivity index (χ1) is 8.20. The molecule has 0 spiro atoms. The number of hydrogen-bond acceptors (Lipinski definition) is 4. The minimum atomic E-state index is -1.16. The van der Waals surface area contributed by atoms with Gasteiger partial charge in [-0.05, 0) is 7.05 Å². The Morgan fingerprint density at radius 3 is 2.65 bits per heavy atom. The van der Waals surface area contributed by atoms with Crippen LogP contribution in [-0.4, -0.2) is 58.6 Å². The average Bonchev–Trinajstić information content (AvgIpc) is 2.34. The van der Waals surface area contributed by atoms with Crippen molar-refractivity contribution in [3.8, 4) is 0 Å². The third-order valence-corrected chi connectivity index (χ3v) is 2.01. The second-order valence-electron chi connectivity index (χ2n) is 3.55. The van der Waals surface area contributed by atoms with Crippen LogP contribution in [0.2, 0.25) is 0 Å². The molecule has 0 aromatic carbocycles. The number of alkyl halides is 1. The van der Waals surface area contributed by atoms with Gasteiger partial charge in [-0.25, -0.2) is 4.39 Å². The van der Waals surface area contributed by atoms with Gasteiger partial charge in [0, 0.05) is 13.0 Å². The molecule has 0 aliphatic heterocycles. The fourth-order valence-electron chi connectivity index (χ4n) is 1.01.